The third-order valence-corrected chi connectivity index (χ3v) is 6.48. The lowest BCUT2D eigenvalue weighted by Crippen LogP contribution is -2.15. The molecular formula is C27H27N. The van der Waals surface area contributed by atoms with Crippen LogP contribution in [0.15, 0.2) is 42.5 Å². The van der Waals surface area contributed by atoms with Gasteiger partial charge in [0, 0.05) is 29.5 Å². The van der Waals surface area contributed by atoms with Crippen LogP contribution >= 0.6 is 0 Å². The van der Waals surface area contributed by atoms with Crippen LogP contribution in [0, 0.1) is 0 Å². The second kappa shape index (κ2) is 6.67. The van der Waals surface area contributed by atoms with Gasteiger partial charge in [-0.25, -0.2) is 0 Å². The molecule has 1 heteroatoms. The average molecular weight is 366 g/mol. The van der Waals surface area contributed by atoms with Crippen molar-refractivity contribution >= 4 is 40.4 Å². The molecule has 0 atom stereocenters. The fraction of sp³-hybridized carbons (Fsp3) is 0.259. The summed E-state index contributed by atoms with van der Waals surface area (Å²) in [5.41, 5.74) is 11.3. The average Bonchev–Trinajstić information content (AvgIpc) is 2.89. The SMILES string of the molecule is CCc1cc2c(c3c1C=CCC3)C=Cc1c(cc(CC)c3ccccc13)N2C. The zero-order chi connectivity index (χ0) is 19.3. The molecule has 0 saturated carbocycles. The minimum Gasteiger partial charge on any atom is -0.344 e. The van der Waals surface area contributed by atoms with E-state index in [1.807, 2.05) is 0 Å². The molecule has 140 valence electrons. The predicted molar refractivity (Wildman–Crippen MR) is 123 cm³/mol. The van der Waals surface area contributed by atoms with E-state index in [9.17, 15) is 0 Å². The minimum atomic E-state index is 1.05. The molecule has 5 rings (SSSR count). The van der Waals surface area contributed by atoms with Gasteiger partial charge in [-0.1, -0.05) is 62.4 Å². The molecule has 1 nitrogen and oxygen atoms in total. The summed E-state index contributed by atoms with van der Waals surface area (Å²) in [5, 5.41) is 2.74. The third kappa shape index (κ3) is 2.46. The summed E-state index contributed by atoms with van der Waals surface area (Å²) in [4.78, 5) is 2.42. The predicted octanol–water partition coefficient (Wildman–Crippen LogP) is 7.18. The number of hydrogen-bond acceptors (Lipinski definition) is 1. The Morgan fingerprint density at radius 1 is 0.786 bits per heavy atom. The lowest BCUT2D eigenvalue weighted by atomic mass is 9.87. The molecule has 0 saturated heterocycles. The van der Waals surface area contributed by atoms with Crippen LogP contribution in [0.1, 0.15) is 53.6 Å². The topological polar surface area (TPSA) is 3.24 Å². The Morgan fingerprint density at radius 2 is 1.46 bits per heavy atom. The number of nitrogens with zero attached hydrogens (tertiary/aromatic N) is 1. The van der Waals surface area contributed by atoms with Crippen molar-refractivity contribution in [3.8, 4) is 0 Å². The highest BCUT2D eigenvalue weighted by atomic mass is 15.1. The summed E-state index contributed by atoms with van der Waals surface area (Å²) in [5.74, 6) is 0. The molecule has 0 amide bonds. The molecular weight excluding hydrogens is 338 g/mol. The summed E-state index contributed by atoms with van der Waals surface area (Å²) in [6, 6.07) is 13.7. The Kier molecular flexibility index (Phi) is 4.12. The van der Waals surface area contributed by atoms with Crippen LogP contribution in [0.3, 0.4) is 0 Å². The number of rotatable bonds is 2. The number of allylic oxidation sites excluding steroid dienone is 1. The van der Waals surface area contributed by atoms with E-state index in [2.05, 4.69) is 86.5 Å². The summed E-state index contributed by atoms with van der Waals surface area (Å²) < 4.78 is 0. The molecule has 1 heterocycles. The van der Waals surface area contributed by atoms with E-state index in [4.69, 9.17) is 0 Å². The van der Waals surface area contributed by atoms with Crippen molar-refractivity contribution in [3.63, 3.8) is 0 Å². The summed E-state index contributed by atoms with van der Waals surface area (Å²) >= 11 is 0. The molecule has 0 N–H and O–H groups in total. The largest absolute Gasteiger partial charge is 0.344 e. The normalized spacial score (nSPS) is 14.6. The monoisotopic (exact) mass is 365 g/mol. The van der Waals surface area contributed by atoms with E-state index in [-0.39, 0.29) is 0 Å². The second-order valence-corrected chi connectivity index (χ2v) is 7.92. The lowest BCUT2D eigenvalue weighted by Gasteiger charge is -2.27. The fourth-order valence-corrected chi connectivity index (χ4v) is 4.97. The smallest absolute Gasteiger partial charge is 0.0491 e. The highest BCUT2D eigenvalue weighted by Crippen LogP contribution is 2.43. The summed E-state index contributed by atoms with van der Waals surface area (Å²) in [6.07, 6.45) is 13.8. The number of anilines is 2. The number of benzene rings is 3. The van der Waals surface area contributed by atoms with E-state index < -0.39 is 0 Å². The standard InChI is InChI=1S/C27H27N/c1-4-18-16-26-24(22-12-8-6-10-20(18)22)14-15-25-23-13-9-7-11-21(23)19(5-2)17-27(25)28(26)3/h6-8,10-12,14-17H,4-5,9,13H2,1-3H3. The van der Waals surface area contributed by atoms with Gasteiger partial charge in [0.15, 0.2) is 0 Å². The zero-order valence-corrected chi connectivity index (χ0v) is 17.0. The molecule has 0 fully saturated rings. The Labute approximate surface area is 168 Å². The maximum Gasteiger partial charge on any atom is 0.0491 e. The van der Waals surface area contributed by atoms with E-state index >= 15 is 0 Å². The Bertz CT molecular complexity index is 1150. The molecule has 1 aliphatic carbocycles. The molecule has 1 aliphatic heterocycles. The molecule has 0 unspecified atom stereocenters. The second-order valence-electron chi connectivity index (χ2n) is 7.92. The Balaban J connectivity index is 1.83. The van der Waals surface area contributed by atoms with E-state index in [0.29, 0.717) is 0 Å². The van der Waals surface area contributed by atoms with Crippen LogP contribution in [0.25, 0.3) is 29.0 Å². The fourth-order valence-electron chi connectivity index (χ4n) is 4.97. The van der Waals surface area contributed by atoms with Gasteiger partial charge < -0.3 is 4.90 Å². The van der Waals surface area contributed by atoms with Gasteiger partial charge in [0.25, 0.3) is 0 Å². The van der Waals surface area contributed by atoms with Gasteiger partial charge in [0.05, 0.1) is 0 Å². The summed E-state index contributed by atoms with van der Waals surface area (Å²) in [7, 11) is 2.24. The van der Waals surface area contributed by atoms with Crippen molar-refractivity contribution in [2.45, 2.75) is 39.5 Å². The minimum absolute atomic E-state index is 1.05. The van der Waals surface area contributed by atoms with Crippen LogP contribution in [0.4, 0.5) is 11.4 Å². The lowest BCUT2D eigenvalue weighted by molar-refractivity contribution is 0.963. The van der Waals surface area contributed by atoms with Gasteiger partial charge in [-0.2, -0.15) is 0 Å². The van der Waals surface area contributed by atoms with Crippen LogP contribution in [-0.2, 0) is 19.3 Å². The van der Waals surface area contributed by atoms with Gasteiger partial charge in [-0.15, -0.1) is 0 Å². The zero-order valence-electron chi connectivity index (χ0n) is 17.0. The molecule has 0 aromatic heterocycles. The quantitative estimate of drug-likeness (QED) is 0.465. The van der Waals surface area contributed by atoms with Crippen molar-refractivity contribution < 1.29 is 0 Å². The molecule has 2 aliphatic rings. The van der Waals surface area contributed by atoms with Crippen molar-refractivity contribution in [3.05, 3.63) is 75.9 Å². The first kappa shape index (κ1) is 17.3. The number of aryl methyl sites for hydroxylation is 2. The van der Waals surface area contributed by atoms with Gasteiger partial charge in [-0.05, 0) is 70.8 Å². The molecule has 28 heavy (non-hydrogen) atoms. The third-order valence-electron chi connectivity index (χ3n) is 6.48. The van der Waals surface area contributed by atoms with Crippen molar-refractivity contribution in [2.24, 2.45) is 0 Å². The Hall–Kier alpha value is -2.80. The van der Waals surface area contributed by atoms with E-state index in [1.165, 1.54) is 55.5 Å². The molecule has 0 radical (unpaired) electrons. The first-order valence-electron chi connectivity index (χ1n) is 10.5. The van der Waals surface area contributed by atoms with Crippen LogP contribution in [0.5, 0.6) is 0 Å². The van der Waals surface area contributed by atoms with Gasteiger partial charge in [-0.3, -0.25) is 0 Å². The van der Waals surface area contributed by atoms with Crippen LogP contribution in [-0.4, -0.2) is 7.05 Å². The van der Waals surface area contributed by atoms with E-state index in [1.54, 1.807) is 0 Å². The summed E-state index contributed by atoms with van der Waals surface area (Å²) in [6.45, 7) is 4.53. The van der Waals surface area contributed by atoms with Crippen LogP contribution < -0.4 is 4.90 Å². The highest BCUT2D eigenvalue weighted by Gasteiger charge is 2.23. The highest BCUT2D eigenvalue weighted by molar-refractivity contribution is 6.03. The van der Waals surface area contributed by atoms with Gasteiger partial charge in [0.2, 0.25) is 0 Å². The van der Waals surface area contributed by atoms with Crippen molar-refractivity contribution in [1.29, 1.82) is 0 Å². The molecule has 0 spiro atoms. The number of fused-ring (bicyclic) bond motifs is 6. The van der Waals surface area contributed by atoms with Crippen molar-refractivity contribution in [1.82, 2.24) is 0 Å². The maximum atomic E-state index is 2.42. The Morgan fingerprint density at radius 3 is 2.25 bits per heavy atom. The first-order valence-corrected chi connectivity index (χ1v) is 10.5. The van der Waals surface area contributed by atoms with Gasteiger partial charge >= 0.3 is 0 Å². The number of hydrogen-bond donors (Lipinski definition) is 0. The first-order chi connectivity index (χ1) is 13.7. The molecule has 3 aromatic carbocycles. The molecule has 0 bridgehead atoms. The van der Waals surface area contributed by atoms with E-state index in [0.717, 1.165) is 25.7 Å². The van der Waals surface area contributed by atoms with Gasteiger partial charge in [0.1, 0.15) is 0 Å². The van der Waals surface area contributed by atoms with Crippen molar-refractivity contribution in [2.75, 3.05) is 11.9 Å². The maximum absolute atomic E-state index is 2.42. The molecule has 3 aromatic rings. The van der Waals surface area contributed by atoms with Crippen LogP contribution in [0.2, 0.25) is 0 Å².